The zero-order valence-corrected chi connectivity index (χ0v) is 12.0. The van der Waals surface area contributed by atoms with Crippen LogP contribution in [0, 0.1) is 5.41 Å². The van der Waals surface area contributed by atoms with Crippen molar-refractivity contribution in [3.63, 3.8) is 0 Å². The van der Waals surface area contributed by atoms with Crippen LogP contribution in [-0.2, 0) is 6.54 Å². The van der Waals surface area contributed by atoms with Crippen molar-refractivity contribution < 1.29 is 9.47 Å². The second kappa shape index (κ2) is 6.64. The molecule has 0 fully saturated rings. The molecule has 1 aromatic rings. The topological polar surface area (TPSA) is 44.5 Å². The van der Waals surface area contributed by atoms with Crippen LogP contribution in [0.5, 0.6) is 11.5 Å². The van der Waals surface area contributed by atoms with E-state index in [1.165, 1.54) is 0 Å². The summed E-state index contributed by atoms with van der Waals surface area (Å²) in [7, 11) is 0. The lowest BCUT2D eigenvalue weighted by atomic mass is 9.93. The van der Waals surface area contributed by atoms with Crippen LogP contribution in [0.1, 0.15) is 39.7 Å². The van der Waals surface area contributed by atoms with E-state index in [0.29, 0.717) is 19.8 Å². The summed E-state index contributed by atoms with van der Waals surface area (Å²) >= 11 is 0. The first-order valence-electron chi connectivity index (χ1n) is 6.55. The average molecular weight is 251 g/mol. The van der Waals surface area contributed by atoms with Gasteiger partial charge in [-0.3, -0.25) is 0 Å². The van der Waals surface area contributed by atoms with Crippen molar-refractivity contribution in [2.75, 3.05) is 13.2 Å². The van der Waals surface area contributed by atoms with Crippen molar-refractivity contribution >= 4 is 0 Å². The molecule has 0 radical (unpaired) electrons. The maximum atomic E-state index is 5.80. The molecule has 3 heteroatoms. The fraction of sp³-hybridized carbons (Fsp3) is 0.600. The summed E-state index contributed by atoms with van der Waals surface area (Å²) in [6.07, 6.45) is 1.01. The van der Waals surface area contributed by atoms with Crippen LogP contribution in [0.25, 0.3) is 0 Å². The molecule has 18 heavy (non-hydrogen) atoms. The Hall–Kier alpha value is -1.22. The third kappa shape index (κ3) is 4.96. The van der Waals surface area contributed by atoms with Crippen molar-refractivity contribution in [3.8, 4) is 11.5 Å². The van der Waals surface area contributed by atoms with Gasteiger partial charge in [0.1, 0.15) is 0 Å². The van der Waals surface area contributed by atoms with Gasteiger partial charge in [-0.1, -0.05) is 26.8 Å². The average Bonchev–Trinajstić information content (AvgIpc) is 2.29. The van der Waals surface area contributed by atoms with E-state index in [1.54, 1.807) is 0 Å². The zero-order chi connectivity index (χ0) is 13.6. The molecule has 0 aliphatic carbocycles. The molecule has 0 aromatic heterocycles. The third-order valence-corrected chi connectivity index (χ3v) is 2.65. The van der Waals surface area contributed by atoms with E-state index < -0.39 is 0 Å². The first kappa shape index (κ1) is 14.8. The summed E-state index contributed by atoms with van der Waals surface area (Å²) in [6.45, 7) is 10.4. The van der Waals surface area contributed by atoms with Crippen LogP contribution in [-0.4, -0.2) is 13.2 Å². The van der Waals surface area contributed by atoms with Gasteiger partial charge in [0, 0.05) is 6.54 Å². The maximum absolute atomic E-state index is 5.80. The van der Waals surface area contributed by atoms with Gasteiger partial charge in [-0.05, 0) is 36.5 Å². The number of benzene rings is 1. The van der Waals surface area contributed by atoms with Gasteiger partial charge in [0.2, 0.25) is 0 Å². The molecule has 0 aliphatic heterocycles. The summed E-state index contributed by atoms with van der Waals surface area (Å²) in [4.78, 5) is 0. The molecule has 0 bridgehead atoms. The molecule has 1 aromatic carbocycles. The Morgan fingerprint density at radius 2 is 1.83 bits per heavy atom. The molecule has 0 amide bonds. The Kier molecular flexibility index (Phi) is 5.48. The normalized spacial score (nSPS) is 11.4. The molecule has 0 saturated heterocycles. The minimum Gasteiger partial charge on any atom is -0.490 e. The molecular formula is C15H25NO2. The predicted octanol–water partition coefficient (Wildman–Crippen LogP) is 3.36. The van der Waals surface area contributed by atoms with Crippen LogP contribution >= 0.6 is 0 Å². The first-order valence-corrected chi connectivity index (χ1v) is 6.55. The van der Waals surface area contributed by atoms with Crippen LogP contribution in [0.3, 0.4) is 0 Å². The maximum Gasteiger partial charge on any atom is 0.161 e. The number of nitrogens with two attached hydrogens (primary N) is 1. The minimum absolute atomic E-state index is 0.281. The van der Waals surface area contributed by atoms with E-state index in [-0.39, 0.29) is 5.41 Å². The lowest BCUT2D eigenvalue weighted by Gasteiger charge is -2.19. The van der Waals surface area contributed by atoms with Gasteiger partial charge in [0.15, 0.2) is 11.5 Å². The van der Waals surface area contributed by atoms with Gasteiger partial charge in [-0.25, -0.2) is 0 Å². The van der Waals surface area contributed by atoms with Crippen molar-refractivity contribution in [1.82, 2.24) is 0 Å². The third-order valence-electron chi connectivity index (χ3n) is 2.65. The number of rotatable bonds is 6. The van der Waals surface area contributed by atoms with E-state index in [1.807, 2.05) is 25.1 Å². The number of hydrogen-bond donors (Lipinski definition) is 1. The van der Waals surface area contributed by atoms with Gasteiger partial charge in [0.05, 0.1) is 13.2 Å². The smallest absolute Gasteiger partial charge is 0.161 e. The van der Waals surface area contributed by atoms with E-state index in [4.69, 9.17) is 15.2 Å². The van der Waals surface area contributed by atoms with Crippen LogP contribution in [0.2, 0.25) is 0 Å². The molecule has 1 rings (SSSR count). The zero-order valence-electron chi connectivity index (χ0n) is 12.0. The Labute approximate surface area is 110 Å². The molecule has 102 valence electrons. The number of hydrogen-bond acceptors (Lipinski definition) is 3. The van der Waals surface area contributed by atoms with Gasteiger partial charge in [-0.15, -0.1) is 0 Å². The molecule has 2 N–H and O–H groups in total. The summed E-state index contributed by atoms with van der Waals surface area (Å²) in [5, 5.41) is 0. The second-order valence-electron chi connectivity index (χ2n) is 5.58. The van der Waals surface area contributed by atoms with Crippen LogP contribution in [0.15, 0.2) is 18.2 Å². The van der Waals surface area contributed by atoms with E-state index in [2.05, 4.69) is 20.8 Å². The van der Waals surface area contributed by atoms with E-state index in [0.717, 1.165) is 23.5 Å². The lowest BCUT2D eigenvalue weighted by molar-refractivity contribution is 0.229. The Morgan fingerprint density at radius 1 is 1.11 bits per heavy atom. The van der Waals surface area contributed by atoms with Crippen LogP contribution < -0.4 is 15.2 Å². The molecule has 0 heterocycles. The summed E-state index contributed by atoms with van der Waals surface area (Å²) in [6, 6.07) is 5.88. The highest BCUT2D eigenvalue weighted by atomic mass is 16.5. The SMILES string of the molecule is CCOc1cc(CN)ccc1OCCC(C)(C)C. The number of ether oxygens (including phenoxy) is 2. The first-order chi connectivity index (χ1) is 8.46. The standard InChI is InChI=1S/C15H25NO2/c1-5-17-14-10-12(11-16)6-7-13(14)18-9-8-15(2,3)4/h6-7,10H,5,8-9,11,16H2,1-4H3. The molecular weight excluding hydrogens is 226 g/mol. The summed E-state index contributed by atoms with van der Waals surface area (Å²) in [5.74, 6) is 1.59. The Morgan fingerprint density at radius 3 is 2.39 bits per heavy atom. The van der Waals surface area contributed by atoms with Gasteiger partial charge in [0.25, 0.3) is 0 Å². The van der Waals surface area contributed by atoms with Crippen molar-refractivity contribution in [3.05, 3.63) is 23.8 Å². The highest BCUT2D eigenvalue weighted by molar-refractivity contribution is 5.43. The predicted molar refractivity (Wildman–Crippen MR) is 75.1 cm³/mol. The molecule has 0 aliphatic rings. The van der Waals surface area contributed by atoms with E-state index in [9.17, 15) is 0 Å². The Balaban J connectivity index is 2.68. The Bertz CT molecular complexity index is 369. The molecule has 0 unspecified atom stereocenters. The fourth-order valence-corrected chi connectivity index (χ4v) is 1.53. The van der Waals surface area contributed by atoms with Gasteiger partial charge < -0.3 is 15.2 Å². The van der Waals surface area contributed by atoms with Crippen molar-refractivity contribution in [2.45, 2.75) is 40.7 Å². The molecule has 3 nitrogen and oxygen atoms in total. The quantitative estimate of drug-likeness (QED) is 0.843. The lowest BCUT2D eigenvalue weighted by Crippen LogP contribution is -2.11. The highest BCUT2D eigenvalue weighted by Crippen LogP contribution is 2.29. The molecule has 0 saturated carbocycles. The van der Waals surface area contributed by atoms with Gasteiger partial charge in [-0.2, -0.15) is 0 Å². The van der Waals surface area contributed by atoms with Crippen molar-refractivity contribution in [1.29, 1.82) is 0 Å². The van der Waals surface area contributed by atoms with Gasteiger partial charge >= 0.3 is 0 Å². The summed E-state index contributed by atoms with van der Waals surface area (Å²) in [5.41, 5.74) is 6.96. The second-order valence-corrected chi connectivity index (χ2v) is 5.58. The fourth-order valence-electron chi connectivity index (χ4n) is 1.53. The largest absolute Gasteiger partial charge is 0.490 e. The molecule has 0 spiro atoms. The van der Waals surface area contributed by atoms with Crippen LogP contribution in [0.4, 0.5) is 0 Å². The minimum atomic E-state index is 0.281. The van der Waals surface area contributed by atoms with Crippen molar-refractivity contribution in [2.24, 2.45) is 11.1 Å². The highest BCUT2D eigenvalue weighted by Gasteiger charge is 2.11. The molecule has 0 atom stereocenters. The summed E-state index contributed by atoms with van der Waals surface area (Å²) < 4.78 is 11.4. The monoisotopic (exact) mass is 251 g/mol. The van der Waals surface area contributed by atoms with E-state index >= 15 is 0 Å².